The zero-order valence-corrected chi connectivity index (χ0v) is 13.2. The van der Waals surface area contributed by atoms with Crippen molar-refractivity contribution in [3.05, 3.63) is 57.6 Å². The van der Waals surface area contributed by atoms with Crippen LogP contribution in [0.25, 0.3) is 0 Å². The maximum absolute atomic E-state index is 12.3. The Balaban J connectivity index is 2.23. The Kier molecular flexibility index (Phi) is 4.45. The van der Waals surface area contributed by atoms with Crippen molar-refractivity contribution in [2.75, 3.05) is 12.4 Å². The van der Waals surface area contributed by atoms with Crippen molar-refractivity contribution in [1.29, 1.82) is 0 Å². The van der Waals surface area contributed by atoms with E-state index in [1.54, 1.807) is 7.11 Å². The van der Waals surface area contributed by atoms with E-state index < -0.39 is 0 Å². The molecule has 0 fully saturated rings. The number of nitrogens with one attached hydrogen (secondary N) is 1. The summed E-state index contributed by atoms with van der Waals surface area (Å²) in [5, 5.41) is 2.90. The lowest BCUT2D eigenvalue weighted by Gasteiger charge is -2.10. The molecule has 0 saturated carbocycles. The van der Waals surface area contributed by atoms with Crippen LogP contribution in [0.4, 0.5) is 5.69 Å². The van der Waals surface area contributed by atoms with Gasteiger partial charge in [-0.25, -0.2) is 0 Å². The van der Waals surface area contributed by atoms with Crippen molar-refractivity contribution in [2.24, 2.45) is 0 Å². The zero-order chi connectivity index (χ0) is 14.7. The van der Waals surface area contributed by atoms with E-state index in [1.165, 1.54) is 0 Å². The summed E-state index contributed by atoms with van der Waals surface area (Å²) in [6.07, 6.45) is 0. The minimum atomic E-state index is -0.117. The molecule has 0 aliphatic rings. The van der Waals surface area contributed by atoms with Crippen molar-refractivity contribution in [2.45, 2.75) is 13.8 Å². The predicted molar refractivity (Wildman–Crippen MR) is 84.6 cm³/mol. The Morgan fingerprint density at radius 3 is 2.50 bits per heavy atom. The first-order valence-electron chi connectivity index (χ1n) is 6.23. The van der Waals surface area contributed by atoms with Crippen LogP contribution in [0.3, 0.4) is 0 Å². The van der Waals surface area contributed by atoms with Crippen LogP contribution in [0.1, 0.15) is 21.5 Å². The number of aryl methyl sites for hydroxylation is 2. The van der Waals surface area contributed by atoms with E-state index in [9.17, 15) is 4.79 Å². The smallest absolute Gasteiger partial charge is 0.255 e. The van der Waals surface area contributed by atoms with Gasteiger partial charge in [-0.3, -0.25) is 4.79 Å². The highest BCUT2D eigenvalue weighted by molar-refractivity contribution is 9.10. The van der Waals surface area contributed by atoms with Gasteiger partial charge in [-0.1, -0.05) is 22.0 Å². The summed E-state index contributed by atoms with van der Waals surface area (Å²) < 4.78 is 6.09. The molecule has 0 radical (unpaired) electrons. The van der Waals surface area contributed by atoms with E-state index in [2.05, 4.69) is 21.2 Å². The summed E-state index contributed by atoms with van der Waals surface area (Å²) in [6, 6.07) is 11.2. The molecule has 0 spiro atoms. The predicted octanol–water partition coefficient (Wildman–Crippen LogP) is 4.33. The third kappa shape index (κ3) is 3.20. The first-order chi connectivity index (χ1) is 9.51. The third-order valence-electron chi connectivity index (χ3n) is 3.10. The minimum Gasteiger partial charge on any atom is -0.496 e. The maximum Gasteiger partial charge on any atom is 0.255 e. The number of methoxy groups -OCH3 is 1. The molecule has 0 bridgehead atoms. The first kappa shape index (κ1) is 14.6. The topological polar surface area (TPSA) is 38.3 Å². The number of anilines is 1. The number of halogens is 1. The Morgan fingerprint density at radius 1 is 1.10 bits per heavy atom. The van der Waals surface area contributed by atoms with Gasteiger partial charge in [0.05, 0.1) is 7.11 Å². The maximum atomic E-state index is 12.3. The molecular formula is C16H16BrNO2. The van der Waals surface area contributed by atoms with Gasteiger partial charge >= 0.3 is 0 Å². The number of rotatable bonds is 3. The van der Waals surface area contributed by atoms with E-state index in [-0.39, 0.29) is 5.91 Å². The number of carbonyl (C=O) groups is 1. The third-order valence-corrected chi connectivity index (χ3v) is 3.59. The average molecular weight is 334 g/mol. The van der Waals surface area contributed by atoms with Gasteiger partial charge in [0.1, 0.15) is 5.75 Å². The van der Waals surface area contributed by atoms with Crippen LogP contribution in [-0.4, -0.2) is 13.0 Å². The molecule has 2 aromatic rings. The summed E-state index contributed by atoms with van der Waals surface area (Å²) >= 11 is 3.38. The monoisotopic (exact) mass is 333 g/mol. The molecule has 0 aliphatic carbocycles. The minimum absolute atomic E-state index is 0.117. The lowest BCUT2D eigenvalue weighted by Crippen LogP contribution is -2.13. The molecule has 2 rings (SSSR count). The molecule has 20 heavy (non-hydrogen) atoms. The fourth-order valence-electron chi connectivity index (χ4n) is 1.99. The molecular weight excluding hydrogens is 318 g/mol. The van der Waals surface area contributed by atoms with Crippen LogP contribution in [0, 0.1) is 13.8 Å². The van der Waals surface area contributed by atoms with Crippen LogP contribution in [0.5, 0.6) is 5.75 Å². The molecule has 0 heterocycles. The molecule has 4 heteroatoms. The number of carbonyl (C=O) groups excluding carboxylic acids is 1. The van der Waals surface area contributed by atoms with Crippen molar-refractivity contribution in [1.82, 2.24) is 0 Å². The van der Waals surface area contributed by atoms with Gasteiger partial charge in [0.25, 0.3) is 5.91 Å². The van der Waals surface area contributed by atoms with Gasteiger partial charge in [0.15, 0.2) is 0 Å². The van der Waals surface area contributed by atoms with Gasteiger partial charge in [0.2, 0.25) is 0 Å². The highest BCUT2D eigenvalue weighted by Crippen LogP contribution is 2.23. The van der Waals surface area contributed by atoms with E-state index in [0.29, 0.717) is 5.56 Å². The Labute approximate surface area is 127 Å². The molecule has 0 saturated heterocycles. The van der Waals surface area contributed by atoms with Crippen LogP contribution in [0.2, 0.25) is 0 Å². The van der Waals surface area contributed by atoms with Gasteiger partial charge in [0, 0.05) is 15.7 Å². The fourth-order valence-corrected chi connectivity index (χ4v) is 2.35. The fraction of sp³-hybridized carbons (Fsp3) is 0.188. The van der Waals surface area contributed by atoms with E-state index in [1.807, 2.05) is 50.2 Å². The van der Waals surface area contributed by atoms with E-state index in [0.717, 1.165) is 27.0 Å². The molecule has 0 atom stereocenters. The van der Waals surface area contributed by atoms with Gasteiger partial charge in [-0.15, -0.1) is 0 Å². The van der Waals surface area contributed by atoms with Crippen LogP contribution < -0.4 is 10.1 Å². The largest absolute Gasteiger partial charge is 0.496 e. The lowest BCUT2D eigenvalue weighted by molar-refractivity contribution is 0.102. The van der Waals surface area contributed by atoms with Crippen LogP contribution in [0.15, 0.2) is 40.9 Å². The van der Waals surface area contributed by atoms with Crippen LogP contribution >= 0.6 is 15.9 Å². The molecule has 0 aliphatic heterocycles. The first-order valence-corrected chi connectivity index (χ1v) is 7.02. The van der Waals surface area contributed by atoms with Gasteiger partial charge < -0.3 is 10.1 Å². The van der Waals surface area contributed by atoms with Crippen molar-refractivity contribution in [3.63, 3.8) is 0 Å². The summed E-state index contributed by atoms with van der Waals surface area (Å²) in [7, 11) is 1.63. The van der Waals surface area contributed by atoms with Crippen molar-refractivity contribution >= 4 is 27.5 Å². The van der Waals surface area contributed by atoms with E-state index in [4.69, 9.17) is 4.74 Å². The number of hydrogen-bond donors (Lipinski definition) is 1. The molecule has 0 aromatic heterocycles. The number of ether oxygens (including phenoxy) is 1. The quantitative estimate of drug-likeness (QED) is 0.907. The van der Waals surface area contributed by atoms with Gasteiger partial charge in [-0.05, 0) is 55.3 Å². The lowest BCUT2D eigenvalue weighted by atomic mass is 10.1. The second-order valence-electron chi connectivity index (χ2n) is 4.60. The number of amides is 1. The second-order valence-corrected chi connectivity index (χ2v) is 5.51. The Bertz CT molecular complexity index is 653. The zero-order valence-electron chi connectivity index (χ0n) is 11.7. The molecule has 2 aromatic carbocycles. The number of hydrogen-bond acceptors (Lipinski definition) is 2. The molecule has 1 N–H and O–H groups in total. The molecule has 1 amide bonds. The summed E-state index contributed by atoms with van der Waals surface area (Å²) in [6.45, 7) is 3.86. The highest BCUT2D eigenvalue weighted by atomic mass is 79.9. The summed E-state index contributed by atoms with van der Waals surface area (Å²) in [4.78, 5) is 12.3. The average Bonchev–Trinajstić information content (AvgIpc) is 2.41. The van der Waals surface area contributed by atoms with E-state index >= 15 is 0 Å². The highest BCUT2D eigenvalue weighted by Gasteiger charge is 2.10. The summed E-state index contributed by atoms with van der Waals surface area (Å²) in [5.41, 5.74) is 3.34. The molecule has 0 unspecified atom stereocenters. The van der Waals surface area contributed by atoms with Crippen LogP contribution in [-0.2, 0) is 0 Å². The number of benzene rings is 2. The van der Waals surface area contributed by atoms with Crippen molar-refractivity contribution < 1.29 is 9.53 Å². The molecule has 104 valence electrons. The Morgan fingerprint density at radius 2 is 1.85 bits per heavy atom. The van der Waals surface area contributed by atoms with Crippen molar-refractivity contribution in [3.8, 4) is 5.75 Å². The normalized spacial score (nSPS) is 10.2. The van der Waals surface area contributed by atoms with Gasteiger partial charge in [-0.2, -0.15) is 0 Å². The second kappa shape index (κ2) is 6.09. The molecule has 3 nitrogen and oxygen atoms in total. The Hall–Kier alpha value is -1.81. The standard InChI is InChI=1S/C16H16BrNO2/c1-10-4-5-12(17)9-14(10)16(19)18-13-6-7-15(20-3)11(2)8-13/h4-9H,1-3H3,(H,18,19). The summed E-state index contributed by atoms with van der Waals surface area (Å²) in [5.74, 6) is 0.690. The SMILES string of the molecule is COc1ccc(NC(=O)c2cc(Br)ccc2C)cc1C.